The molecule has 2 heterocycles. The SMILES string of the molecule is C=CCNC(=O)C(C)N1CC2CNCC2C1CC. The molecule has 4 atom stereocenters. The van der Waals surface area contributed by atoms with Gasteiger partial charge in [0.05, 0.1) is 6.04 Å². The Morgan fingerprint density at radius 2 is 2.39 bits per heavy atom. The average Bonchev–Trinajstić information content (AvgIpc) is 2.94. The van der Waals surface area contributed by atoms with Gasteiger partial charge in [-0.25, -0.2) is 0 Å². The van der Waals surface area contributed by atoms with E-state index in [0.717, 1.165) is 37.9 Å². The van der Waals surface area contributed by atoms with Gasteiger partial charge in [0, 0.05) is 19.1 Å². The van der Waals surface area contributed by atoms with Crippen LogP contribution < -0.4 is 10.6 Å². The first-order chi connectivity index (χ1) is 8.69. The molecule has 1 amide bonds. The molecule has 0 aliphatic carbocycles. The van der Waals surface area contributed by atoms with Crippen molar-refractivity contribution in [3.05, 3.63) is 12.7 Å². The molecule has 4 heteroatoms. The smallest absolute Gasteiger partial charge is 0.237 e. The van der Waals surface area contributed by atoms with Crippen LogP contribution in [0.25, 0.3) is 0 Å². The number of carbonyl (C=O) groups is 1. The van der Waals surface area contributed by atoms with Gasteiger partial charge in [0.1, 0.15) is 0 Å². The van der Waals surface area contributed by atoms with Crippen molar-refractivity contribution in [2.75, 3.05) is 26.2 Å². The van der Waals surface area contributed by atoms with Crippen molar-refractivity contribution in [3.63, 3.8) is 0 Å². The minimum atomic E-state index is -0.0273. The zero-order chi connectivity index (χ0) is 13.1. The summed E-state index contributed by atoms with van der Waals surface area (Å²) in [5.41, 5.74) is 0. The van der Waals surface area contributed by atoms with Crippen LogP contribution >= 0.6 is 0 Å². The Hall–Kier alpha value is -0.870. The lowest BCUT2D eigenvalue weighted by Crippen LogP contribution is -2.49. The maximum absolute atomic E-state index is 12.1. The van der Waals surface area contributed by atoms with Gasteiger partial charge in [-0.15, -0.1) is 6.58 Å². The second-order valence-corrected chi connectivity index (χ2v) is 5.46. The van der Waals surface area contributed by atoms with Crippen molar-refractivity contribution in [1.29, 1.82) is 0 Å². The highest BCUT2D eigenvalue weighted by molar-refractivity contribution is 5.81. The summed E-state index contributed by atoms with van der Waals surface area (Å²) < 4.78 is 0. The van der Waals surface area contributed by atoms with Crippen molar-refractivity contribution < 1.29 is 4.79 Å². The average molecular weight is 251 g/mol. The van der Waals surface area contributed by atoms with Crippen LogP contribution in [0, 0.1) is 11.8 Å². The fraction of sp³-hybridized carbons (Fsp3) is 0.786. The topological polar surface area (TPSA) is 44.4 Å². The van der Waals surface area contributed by atoms with Crippen LogP contribution in [-0.4, -0.2) is 49.1 Å². The summed E-state index contributed by atoms with van der Waals surface area (Å²) in [5, 5.41) is 6.38. The molecule has 4 unspecified atom stereocenters. The molecule has 0 spiro atoms. The Balaban J connectivity index is 1.99. The van der Waals surface area contributed by atoms with E-state index in [-0.39, 0.29) is 11.9 Å². The van der Waals surface area contributed by atoms with Crippen LogP contribution in [-0.2, 0) is 4.79 Å². The minimum Gasteiger partial charge on any atom is -0.351 e. The van der Waals surface area contributed by atoms with Gasteiger partial charge in [-0.1, -0.05) is 13.0 Å². The first-order valence-corrected chi connectivity index (χ1v) is 7.04. The van der Waals surface area contributed by atoms with Crippen molar-refractivity contribution in [2.24, 2.45) is 11.8 Å². The lowest BCUT2D eigenvalue weighted by Gasteiger charge is -2.31. The quantitative estimate of drug-likeness (QED) is 0.704. The zero-order valence-electron chi connectivity index (χ0n) is 11.5. The van der Waals surface area contributed by atoms with Crippen molar-refractivity contribution in [3.8, 4) is 0 Å². The summed E-state index contributed by atoms with van der Waals surface area (Å²) in [6, 6.07) is 0.523. The summed E-state index contributed by atoms with van der Waals surface area (Å²) in [6.45, 7) is 11.7. The summed E-state index contributed by atoms with van der Waals surface area (Å²) in [4.78, 5) is 14.5. The summed E-state index contributed by atoms with van der Waals surface area (Å²) in [7, 11) is 0. The van der Waals surface area contributed by atoms with Crippen LogP contribution in [0.3, 0.4) is 0 Å². The molecule has 2 rings (SSSR count). The molecule has 2 aliphatic heterocycles. The van der Waals surface area contributed by atoms with E-state index in [1.807, 2.05) is 6.92 Å². The molecule has 2 aliphatic rings. The molecule has 0 aromatic heterocycles. The summed E-state index contributed by atoms with van der Waals surface area (Å²) >= 11 is 0. The molecule has 0 bridgehead atoms. The number of likely N-dealkylation sites (tertiary alicyclic amines) is 1. The van der Waals surface area contributed by atoms with E-state index in [9.17, 15) is 4.79 Å². The number of fused-ring (bicyclic) bond motifs is 1. The highest BCUT2D eigenvalue weighted by Crippen LogP contribution is 2.35. The van der Waals surface area contributed by atoms with E-state index in [2.05, 4.69) is 29.0 Å². The Morgan fingerprint density at radius 1 is 1.61 bits per heavy atom. The molecule has 2 N–H and O–H groups in total. The number of nitrogens with one attached hydrogen (secondary N) is 2. The number of carbonyl (C=O) groups excluding carboxylic acids is 1. The van der Waals surface area contributed by atoms with Crippen LogP contribution in [0.15, 0.2) is 12.7 Å². The molecule has 18 heavy (non-hydrogen) atoms. The Labute approximate surface area is 110 Å². The van der Waals surface area contributed by atoms with E-state index >= 15 is 0 Å². The summed E-state index contributed by atoms with van der Waals surface area (Å²) in [6.07, 6.45) is 2.85. The molecule has 0 aromatic rings. The second-order valence-electron chi connectivity index (χ2n) is 5.46. The molecule has 0 saturated carbocycles. The molecule has 2 fully saturated rings. The van der Waals surface area contributed by atoms with Gasteiger partial charge < -0.3 is 10.6 Å². The molecule has 0 radical (unpaired) electrons. The third-order valence-corrected chi connectivity index (χ3v) is 4.47. The van der Waals surface area contributed by atoms with Crippen molar-refractivity contribution in [2.45, 2.75) is 32.4 Å². The van der Waals surface area contributed by atoms with Gasteiger partial charge in [-0.05, 0) is 38.3 Å². The van der Waals surface area contributed by atoms with Gasteiger partial charge in [0.15, 0.2) is 0 Å². The van der Waals surface area contributed by atoms with Crippen LogP contribution in [0.5, 0.6) is 0 Å². The highest BCUT2D eigenvalue weighted by Gasteiger charge is 2.45. The molecule has 102 valence electrons. The Kier molecular flexibility index (Phi) is 4.40. The largest absolute Gasteiger partial charge is 0.351 e. The Bertz CT molecular complexity index is 318. The highest BCUT2D eigenvalue weighted by atomic mass is 16.2. The number of amides is 1. The first kappa shape index (κ1) is 13.6. The maximum Gasteiger partial charge on any atom is 0.237 e. The number of hydrogen-bond acceptors (Lipinski definition) is 3. The molecular weight excluding hydrogens is 226 g/mol. The monoisotopic (exact) mass is 251 g/mol. The fourth-order valence-corrected chi connectivity index (χ4v) is 3.51. The predicted octanol–water partition coefficient (Wildman–Crippen LogP) is 0.607. The second kappa shape index (κ2) is 5.85. The standard InChI is InChI=1S/C14H25N3O/c1-4-6-16-14(18)10(3)17-9-11-7-15-8-12(11)13(17)5-2/h4,10-13,15H,1,5-9H2,2-3H3,(H,16,18). The lowest BCUT2D eigenvalue weighted by atomic mass is 9.92. The van der Waals surface area contributed by atoms with Crippen molar-refractivity contribution in [1.82, 2.24) is 15.5 Å². The van der Waals surface area contributed by atoms with Crippen molar-refractivity contribution >= 4 is 5.91 Å². The number of hydrogen-bond donors (Lipinski definition) is 2. The normalized spacial score (nSPS) is 33.1. The van der Waals surface area contributed by atoms with E-state index in [1.165, 1.54) is 0 Å². The van der Waals surface area contributed by atoms with Gasteiger partial charge >= 0.3 is 0 Å². The summed E-state index contributed by atoms with van der Waals surface area (Å²) in [5.74, 6) is 1.58. The zero-order valence-corrected chi connectivity index (χ0v) is 11.5. The third kappa shape index (κ3) is 2.45. The molecule has 4 nitrogen and oxygen atoms in total. The van der Waals surface area contributed by atoms with Crippen LogP contribution in [0.1, 0.15) is 20.3 Å². The van der Waals surface area contributed by atoms with Gasteiger partial charge in [0.25, 0.3) is 0 Å². The molecule has 2 saturated heterocycles. The van der Waals surface area contributed by atoms with Gasteiger partial charge in [0.2, 0.25) is 5.91 Å². The number of rotatable bonds is 5. The van der Waals surface area contributed by atoms with Crippen LogP contribution in [0.2, 0.25) is 0 Å². The predicted molar refractivity (Wildman–Crippen MR) is 73.3 cm³/mol. The van der Waals surface area contributed by atoms with Crippen LogP contribution in [0.4, 0.5) is 0 Å². The van der Waals surface area contributed by atoms with E-state index in [1.54, 1.807) is 6.08 Å². The number of nitrogens with zero attached hydrogens (tertiary/aromatic N) is 1. The molecular formula is C14H25N3O. The maximum atomic E-state index is 12.1. The van der Waals surface area contributed by atoms with E-state index < -0.39 is 0 Å². The third-order valence-electron chi connectivity index (χ3n) is 4.47. The minimum absolute atomic E-state index is 0.0273. The fourth-order valence-electron chi connectivity index (χ4n) is 3.51. The lowest BCUT2D eigenvalue weighted by molar-refractivity contribution is -0.126. The van der Waals surface area contributed by atoms with Gasteiger partial charge in [-0.3, -0.25) is 9.69 Å². The van der Waals surface area contributed by atoms with E-state index in [0.29, 0.717) is 12.6 Å². The Morgan fingerprint density at radius 3 is 3.06 bits per heavy atom. The van der Waals surface area contributed by atoms with Gasteiger partial charge in [-0.2, -0.15) is 0 Å². The molecule has 0 aromatic carbocycles. The first-order valence-electron chi connectivity index (χ1n) is 7.04. The van der Waals surface area contributed by atoms with E-state index in [4.69, 9.17) is 0 Å².